The van der Waals surface area contributed by atoms with Crippen molar-refractivity contribution in [1.82, 2.24) is 10.6 Å². The average Bonchev–Trinajstić information content (AvgIpc) is 2.62. The van der Waals surface area contributed by atoms with Gasteiger partial charge in [0.15, 0.2) is 11.5 Å². The molecule has 1 aliphatic carbocycles. The summed E-state index contributed by atoms with van der Waals surface area (Å²) in [6.45, 7) is 1.68. The van der Waals surface area contributed by atoms with E-state index in [1.807, 2.05) is 0 Å². The first-order valence-electron chi connectivity index (χ1n) is 8.85. The van der Waals surface area contributed by atoms with Gasteiger partial charge in [-0.3, -0.25) is 0 Å². The summed E-state index contributed by atoms with van der Waals surface area (Å²) in [5, 5.41) is 15.2. The number of hydrogen-bond acceptors (Lipinski definition) is 5. The second-order valence-electron chi connectivity index (χ2n) is 6.67. The summed E-state index contributed by atoms with van der Waals surface area (Å²) >= 11 is 0. The van der Waals surface area contributed by atoms with Crippen LogP contribution in [0.5, 0.6) is 11.5 Å². The smallest absolute Gasteiger partial charge is 0.338 e. The van der Waals surface area contributed by atoms with Crippen LogP contribution in [-0.4, -0.2) is 30.3 Å². The molecule has 0 aromatic heterocycles. The maximum Gasteiger partial charge on any atom is 0.338 e. The first-order chi connectivity index (χ1) is 12.5. The molecule has 3 N–H and O–H groups in total. The van der Waals surface area contributed by atoms with Crippen LogP contribution < -0.4 is 15.4 Å². The van der Waals surface area contributed by atoms with Crippen LogP contribution in [0.15, 0.2) is 29.5 Å². The second kappa shape index (κ2) is 7.68. The van der Waals surface area contributed by atoms with Crippen LogP contribution in [-0.2, 0) is 9.53 Å². The van der Waals surface area contributed by atoms with Gasteiger partial charge in [-0.15, -0.1) is 0 Å². The van der Waals surface area contributed by atoms with Crippen molar-refractivity contribution in [2.75, 3.05) is 7.11 Å². The largest absolute Gasteiger partial charge is 0.504 e. The minimum Gasteiger partial charge on any atom is -0.504 e. The highest BCUT2D eigenvalue weighted by atomic mass is 16.5. The lowest BCUT2D eigenvalue weighted by Crippen LogP contribution is -2.45. The van der Waals surface area contributed by atoms with Gasteiger partial charge in [-0.25, -0.2) is 9.59 Å². The number of esters is 1. The molecule has 1 aromatic rings. The molecule has 1 aliphatic heterocycles. The van der Waals surface area contributed by atoms with Gasteiger partial charge in [-0.2, -0.15) is 0 Å². The molecule has 26 heavy (non-hydrogen) atoms. The van der Waals surface area contributed by atoms with Gasteiger partial charge in [-0.05, 0) is 50.3 Å². The van der Waals surface area contributed by atoms with Crippen molar-refractivity contribution in [2.24, 2.45) is 0 Å². The molecule has 1 heterocycles. The molecule has 1 saturated carbocycles. The zero-order valence-electron chi connectivity index (χ0n) is 15.0. The van der Waals surface area contributed by atoms with Crippen molar-refractivity contribution in [3.8, 4) is 11.5 Å². The van der Waals surface area contributed by atoms with Crippen LogP contribution in [0.1, 0.15) is 50.6 Å². The number of benzene rings is 1. The summed E-state index contributed by atoms with van der Waals surface area (Å²) in [4.78, 5) is 24.8. The van der Waals surface area contributed by atoms with E-state index in [9.17, 15) is 14.7 Å². The number of carbonyl (C=O) groups is 2. The van der Waals surface area contributed by atoms with Gasteiger partial charge in [0.1, 0.15) is 6.10 Å². The number of phenolic OH excluding ortho intramolecular Hbond substituents is 1. The number of aromatic hydroxyl groups is 1. The van der Waals surface area contributed by atoms with E-state index in [1.165, 1.54) is 19.6 Å². The summed E-state index contributed by atoms with van der Waals surface area (Å²) < 4.78 is 10.8. The molecule has 3 rings (SSSR count). The van der Waals surface area contributed by atoms with E-state index in [-0.39, 0.29) is 17.6 Å². The molecule has 7 heteroatoms. The fourth-order valence-electron chi connectivity index (χ4n) is 3.49. The third-order valence-electron chi connectivity index (χ3n) is 4.85. The van der Waals surface area contributed by atoms with Gasteiger partial charge in [-0.1, -0.05) is 12.5 Å². The van der Waals surface area contributed by atoms with Gasteiger partial charge in [0.25, 0.3) is 0 Å². The Morgan fingerprint density at radius 3 is 2.65 bits per heavy atom. The van der Waals surface area contributed by atoms with Crippen LogP contribution in [0.4, 0.5) is 4.79 Å². The monoisotopic (exact) mass is 360 g/mol. The highest BCUT2D eigenvalue weighted by Crippen LogP contribution is 2.34. The quantitative estimate of drug-likeness (QED) is 0.718. The summed E-state index contributed by atoms with van der Waals surface area (Å²) in [5.74, 6) is -0.171. The third kappa shape index (κ3) is 3.76. The van der Waals surface area contributed by atoms with E-state index in [0.717, 1.165) is 25.7 Å². The number of methoxy groups -OCH3 is 1. The Hall–Kier alpha value is -2.70. The number of urea groups is 1. The minimum atomic E-state index is -0.672. The van der Waals surface area contributed by atoms with E-state index in [4.69, 9.17) is 9.47 Å². The van der Waals surface area contributed by atoms with Gasteiger partial charge in [0.2, 0.25) is 0 Å². The van der Waals surface area contributed by atoms with Gasteiger partial charge in [0.05, 0.1) is 18.7 Å². The molecule has 0 bridgehead atoms. The Morgan fingerprint density at radius 1 is 1.23 bits per heavy atom. The Bertz CT molecular complexity index is 737. The van der Waals surface area contributed by atoms with Gasteiger partial charge in [0, 0.05) is 5.70 Å². The highest BCUT2D eigenvalue weighted by molar-refractivity contribution is 5.95. The Kier molecular flexibility index (Phi) is 5.35. The van der Waals surface area contributed by atoms with E-state index in [0.29, 0.717) is 16.8 Å². The molecule has 140 valence electrons. The molecule has 0 spiro atoms. The lowest BCUT2D eigenvalue weighted by molar-refractivity contribution is -0.146. The molecular weight excluding hydrogens is 336 g/mol. The van der Waals surface area contributed by atoms with Crippen LogP contribution in [0.2, 0.25) is 0 Å². The molecule has 2 aliphatic rings. The van der Waals surface area contributed by atoms with Gasteiger partial charge >= 0.3 is 12.0 Å². The first-order valence-corrected chi connectivity index (χ1v) is 8.85. The zero-order valence-corrected chi connectivity index (χ0v) is 15.0. The summed E-state index contributed by atoms with van der Waals surface area (Å²) in [7, 11) is 1.44. The highest BCUT2D eigenvalue weighted by Gasteiger charge is 2.34. The van der Waals surface area contributed by atoms with Crippen molar-refractivity contribution in [3.05, 3.63) is 35.0 Å². The number of ether oxygens (including phenoxy) is 2. The molecule has 1 atom stereocenters. The Labute approximate surface area is 152 Å². The predicted octanol–water partition coefficient (Wildman–Crippen LogP) is 2.90. The predicted molar refractivity (Wildman–Crippen MR) is 94.7 cm³/mol. The third-order valence-corrected chi connectivity index (χ3v) is 4.85. The normalized spacial score (nSPS) is 21.0. The lowest BCUT2D eigenvalue weighted by Gasteiger charge is -2.30. The fraction of sp³-hybridized carbons (Fsp3) is 0.474. The SMILES string of the molecule is COc1cc([C@@H]2NC(=O)NC(C)=C2C(=O)OC2CCCCC2)ccc1O. The minimum absolute atomic E-state index is 0.0106. The number of amides is 2. The molecule has 2 amide bonds. The second-order valence-corrected chi connectivity index (χ2v) is 6.67. The van der Waals surface area contributed by atoms with E-state index >= 15 is 0 Å². The molecule has 1 fully saturated rings. The maximum atomic E-state index is 12.8. The number of phenols is 1. The van der Waals surface area contributed by atoms with Gasteiger partial charge < -0.3 is 25.2 Å². The van der Waals surface area contributed by atoms with Crippen molar-refractivity contribution in [3.63, 3.8) is 0 Å². The molecular formula is C19H24N2O5. The standard InChI is InChI=1S/C19H24N2O5/c1-11-16(18(23)26-13-6-4-3-5-7-13)17(21-19(24)20-11)12-8-9-14(22)15(10-12)25-2/h8-10,13,17,22H,3-7H2,1-2H3,(H2,20,21,24)/t17-/m0/s1. The molecule has 0 unspecified atom stereocenters. The Morgan fingerprint density at radius 2 is 1.96 bits per heavy atom. The molecule has 1 aromatic carbocycles. The number of rotatable bonds is 4. The van der Waals surface area contributed by atoms with Crippen LogP contribution in [0.25, 0.3) is 0 Å². The summed E-state index contributed by atoms with van der Waals surface area (Å²) in [6.07, 6.45) is 4.95. The fourth-order valence-corrected chi connectivity index (χ4v) is 3.49. The van der Waals surface area contributed by atoms with E-state index in [1.54, 1.807) is 19.1 Å². The maximum absolute atomic E-state index is 12.8. The average molecular weight is 360 g/mol. The Balaban J connectivity index is 1.90. The lowest BCUT2D eigenvalue weighted by atomic mass is 9.94. The van der Waals surface area contributed by atoms with Crippen molar-refractivity contribution in [2.45, 2.75) is 51.2 Å². The van der Waals surface area contributed by atoms with Crippen LogP contribution >= 0.6 is 0 Å². The van der Waals surface area contributed by atoms with Crippen molar-refractivity contribution >= 4 is 12.0 Å². The topological polar surface area (TPSA) is 96.9 Å². The zero-order chi connectivity index (χ0) is 18.7. The van der Waals surface area contributed by atoms with E-state index < -0.39 is 18.0 Å². The van der Waals surface area contributed by atoms with Crippen LogP contribution in [0.3, 0.4) is 0 Å². The molecule has 7 nitrogen and oxygen atoms in total. The van der Waals surface area contributed by atoms with E-state index in [2.05, 4.69) is 10.6 Å². The summed E-state index contributed by atoms with van der Waals surface area (Å²) in [5.41, 5.74) is 1.46. The van der Waals surface area contributed by atoms with Crippen molar-refractivity contribution < 1.29 is 24.2 Å². The summed E-state index contributed by atoms with van der Waals surface area (Å²) in [6, 6.07) is 3.66. The first kappa shape index (κ1) is 18.1. The number of allylic oxidation sites excluding steroid dienone is 1. The number of nitrogens with one attached hydrogen (secondary N) is 2. The molecule has 0 radical (unpaired) electrons. The number of hydrogen-bond donors (Lipinski definition) is 3. The van der Waals surface area contributed by atoms with Crippen molar-refractivity contribution in [1.29, 1.82) is 0 Å². The number of carbonyl (C=O) groups excluding carboxylic acids is 2. The van der Waals surface area contributed by atoms with Crippen LogP contribution in [0, 0.1) is 0 Å². The molecule has 0 saturated heterocycles.